The number of halogens is 4. The number of alkyl halides is 3. The molecule has 11 heteroatoms. The van der Waals surface area contributed by atoms with E-state index in [9.17, 15) is 26.4 Å². The van der Waals surface area contributed by atoms with E-state index >= 15 is 0 Å². The third kappa shape index (κ3) is 5.49. The van der Waals surface area contributed by atoms with Gasteiger partial charge < -0.3 is 10.1 Å². The van der Waals surface area contributed by atoms with Crippen molar-refractivity contribution < 1.29 is 31.1 Å². The van der Waals surface area contributed by atoms with Crippen molar-refractivity contribution in [1.29, 1.82) is 0 Å². The van der Waals surface area contributed by atoms with Crippen LogP contribution < -0.4 is 9.62 Å². The minimum absolute atomic E-state index is 0.150. The van der Waals surface area contributed by atoms with Gasteiger partial charge >= 0.3 is 6.18 Å². The third-order valence-electron chi connectivity index (χ3n) is 3.78. The quantitative estimate of drug-likeness (QED) is 0.775. The predicted molar refractivity (Wildman–Crippen MR) is 90.6 cm³/mol. The zero-order valence-electron chi connectivity index (χ0n) is 13.8. The highest BCUT2D eigenvalue weighted by Gasteiger charge is 2.33. The fourth-order valence-electron chi connectivity index (χ4n) is 2.48. The summed E-state index contributed by atoms with van der Waals surface area (Å²) in [6.45, 7) is 0.106. The molecule has 0 radical (unpaired) electrons. The van der Waals surface area contributed by atoms with Crippen LogP contribution in [0.25, 0.3) is 0 Å². The van der Waals surface area contributed by atoms with Gasteiger partial charge in [0.15, 0.2) is 0 Å². The molecule has 1 aromatic carbocycles. The van der Waals surface area contributed by atoms with Crippen LogP contribution in [0.4, 0.5) is 18.9 Å². The lowest BCUT2D eigenvalue weighted by Crippen LogP contribution is -2.42. The van der Waals surface area contributed by atoms with Crippen LogP contribution in [-0.4, -0.2) is 46.4 Å². The Hall–Kier alpha value is -1.52. The molecule has 0 aliphatic carbocycles. The largest absolute Gasteiger partial charge is 0.416 e. The first kappa shape index (κ1) is 20.8. The van der Waals surface area contributed by atoms with Crippen molar-refractivity contribution in [3.63, 3.8) is 0 Å². The van der Waals surface area contributed by atoms with Crippen LogP contribution in [0.5, 0.6) is 0 Å². The zero-order valence-corrected chi connectivity index (χ0v) is 15.4. The average Bonchev–Trinajstić information content (AvgIpc) is 3.02. The van der Waals surface area contributed by atoms with Crippen LogP contribution in [-0.2, 0) is 25.7 Å². The fourth-order valence-corrected chi connectivity index (χ4v) is 3.61. The Kier molecular flexibility index (Phi) is 6.41. The van der Waals surface area contributed by atoms with Gasteiger partial charge in [0, 0.05) is 13.2 Å². The van der Waals surface area contributed by atoms with Gasteiger partial charge in [-0.15, -0.1) is 0 Å². The van der Waals surface area contributed by atoms with E-state index in [0.29, 0.717) is 17.0 Å². The van der Waals surface area contributed by atoms with E-state index in [1.54, 1.807) is 0 Å². The molecule has 1 N–H and O–H groups in total. The summed E-state index contributed by atoms with van der Waals surface area (Å²) in [5.41, 5.74) is -1.47. The van der Waals surface area contributed by atoms with E-state index in [2.05, 4.69) is 5.32 Å². The number of nitrogens with zero attached hydrogens (tertiary/aromatic N) is 1. The van der Waals surface area contributed by atoms with E-state index in [0.717, 1.165) is 31.2 Å². The second kappa shape index (κ2) is 8.01. The number of carbonyl (C=O) groups excluding carboxylic acids is 1. The molecule has 0 bridgehead atoms. The van der Waals surface area contributed by atoms with Gasteiger partial charge in [-0.1, -0.05) is 11.6 Å². The van der Waals surface area contributed by atoms with Crippen molar-refractivity contribution in [3.8, 4) is 0 Å². The molecule has 1 aliphatic rings. The van der Waals surface area contributed by atoms with Crippen molar-refractivity contribution in [2.75, 3.05) is 30.3 Å². The molecule has 0 aromatic heterocycles. The number of hydrogen-bond donors (Lipinski definition) is 1. The lowest BCUT2D eigenvalue weighted by atomic mass is 10.2. The first-order valence-electron chi connectivity index (χ1n) is 7.71. The van der Waals surface area contributed by atoms with E-state index in [1.165, 1.54) is 0 Å². The van der Waals surface area contributed by atoms with Gasteiger partial charge in [-0.05, 0) is 31.0 Å². The van der Waals surface area contributed by atoms with Gasteiger partial charge in [-0.3, -0.25) is 9.10 Å². The molecule has 1 fully saturated rings. The molecule has 1 saturated heterocycles. The number of amides is 1. The molecule has 2 rings (SSSR count). The summed E-state index contributed by atoms with van der Waals surface area (Å²) in [4.78, 5) is 12.1. The summed E-state index contributed by atoms with van der Waals surface area (Å²) >= 11 is 5.89. The van der Waals surface area contributed by atoms with E-state index in [-0.39, 0.29) is 17.7 Å². The second-order valence-electron chi connectivity index (χ2n) is 5.87. The Bertz CT molecular complexity index is 765. The van der Waals surface area contributed by atoms with E-state index in [4.69, 9.17) is 16.3 Å². The molecule has 1 aliphatic heterocycles. The highest BCUT2D eigenvalue weighted by molar-refractivity contribution is 7.92. The molecule has 1 atom stereocenters. The smallest absolute Gasteiger partial charge is 0.376 e. The van der Waals surface area contributed by atoms with Crippen molar-refractivity contribution in [1.82, 2.24) is 5.32 Å². The molecular weight excluding hydrogens is 397 g/mol. The number of anilines is 1. The van der Waals surface area contributed by atoms with Crippen LogP contribution in [0.3, 0.4) is 0 Å². The normalized spacial score (nSPS) is 18.0. The minimum Gasteiger partial charge on any atom is -0.376 e. The summed E-state index contributed by atoms with van der Waals surface area (Å²) in [5, 5.41) is 2.31. The number of benzene rings is 1. The van der Waals surface area contributed by atoms with Crippen LogP contribution in [0.15, 0.2) is 18.2 Å². The Morgan fingerprint density at radius 1 is 1.42 bits per heavy atom. The third-order valence-corrected chi connectivity index (χ3v) is 5.23. The minimum atomic E-state index is -4.68. The SMILES string of the molecule is CS(=O)(=O)N(CC(=O)NC[C@H]1CCCO1)c1cc(C(F)(F)F)ccc1Cl. The maximum absolute atomic E-state index is 12.9. The molecule has 26 heavy (non-hydrogen) atoms. The van der Waals surface area contributed by atoms with Gasteiger partial charge in [-0.2, -0.15) is 13.2 Å². The topological polar surface area (TPSA) is 75.7 Å². The maximum Gasteiger partial charge on any atom is 0.416 e. The summed E-state index contributed by atoms with van der Waals surface area (Å²) < 4.78 is 68.7. The number of hydrogen-bond acceptors (Lipinski definition) is 4. The molecule has 0 saturated carbocycles. The molecular formula is C15H18ClF3N2O4S. The van der Waals surface area contributed by atoms with Crippen LogP contribution in [0.2, 0.25) is 5.02 Å². The summed E-state index contributed by atoms with van der Waals surface area (Å²) in [6.07, 6.45) is -2.39. The van der Waals surface area contributed by atoms with Crippen LogP contribution in [0.1, 0.15) is 18.4 Å². The number of ether oxygens (including phenoxy) is 1. The van der Waals surface area contributed by atoms with Crippen molar-refractivity contribution >= 4 is 33.2 Å². The summed E-state index contributed by atoms with van der Waals surface area (Å²) in [7, 11) is -4.05. The average molecular weight is 415 g/mol. The molecule has 1 amide bonds. The Balaban J connectivity index is 2.21. The first-order valence-corrected chi connectivity index (χ1v) is 9.94. The first-order chi connectivity index (χ1) is 12.0. The Morgan fingerprint density at radius 3 is 2.65 bits per heavy atom. The number of nitrogens with one attached hydrogen (secondary N) is 1. The van der Waals surface area contributed by atoms with Gasteiger partial charge in [0.25, 0.3) is 0 Å². The summed E-state index contributed by atoms with van der Waals surface area (Å²) in [5.74, 6) is -0.667. The molecule has 1 aromatic rings. The number of sulfonamides is 1. The fraction of sp³-hybridized carbons (Fsp3) is 0.533. The lowest BCUT2D eigenvalue weighted by Gasteiger charge is -2.24. The lowest BCUT2D eigenvalue weighted by molar-refractivity contribution is -0.137. The predicted octanol–water partition coefficient (Wildman–Crippen LogP) is 2.42. The van der Waals surface area contributed by atoms with Gasteiger partial charge in [0.1, 0.15) is 6.54 Å². The van der Waals surface area contributed by atoms with Crippen LogP contribution >= 0.6 is 11.6 Å². The second-order valence-corrected chi connectivity index (χ2v) is 8.19. The van der Waals surface area contributed by atoms with Gasteiger partial charge in [-0.25, -0.2) is 8.42 Å². The Morgan fingerprint density at radius 2 is 2.12 bits per heavy atom. The number of rotatable bonds is 6. The standard InChI is InChI=1S/C15H18ClF3N2O4S/c1-26(23,24)21(9-14(22)20-8-11-3-2-6-25-11)13-7-10(15(17,18)19)4-5-12(13)16/h4-5,7,11H,2-3,6,8-9H2,1H3,(H,20,22)/t11-/m1/s1. The molecule has 1 heterocycles. The molecule has 6 nitrogen and oxygen atoms in total. The van der Waals surface area contributed by atoms with Crippen molar-refractivity contribution in [2.45, 2.75) is 25.1 Å². The molecule has 0 spiro atoms. The van der Waals surface area contributed by atoms with Gasteiger partial charge in [0.2, 0.25) is 15.9 Å². The van der Waals surface area contributed by atoms with E-state index in [1.807, 2.05) is 0 Å². The molecule has 146 valence electrons. The monoisotopic (exact) mass is 414 g/mol. The van der Waals surface area contributed by atoms with Crippen LogP contribution in [0, 0.1) is 0 Å². The molecule has 0 unspecified atom stereocenters. The zero-order chi connectivity index (χ0) is 19.5. The Labute approximate surface area is 154 Å². The highest BCUT2D eigenvalue weighted by atomic mass is 35.5. The van der Waals surface area contributed by atoms with E-state index < -0.39 is 39.9 Å². The maximum atomic E-state index is 12.9. The highest BCUT2D eigenvalue weighted by Crippen LogP contribution is 2.36. The number of carbonyl (C=O) groups is 1. The summed E-state index contributed by atoms with van der Waals surface area (Å²) in [6, 6.07) is 2.29. The van der Waals surface area contributed by atoms with Gasteiger partial charge in [0.05, 0.1) is 28.6 Å². The van der Waals surface area contributed by atoms with Crippen molar-refractivity contribution in [2.24, 2.45) is 0 Å². The van der Waals surface area contributed by atoms with Crippen molar-refractivity contribution in [3.05, 3.63) is 28.8 Å².